The van der Waals surface area contributed by atoms with Gasteiger partial charge in [-0.2, -0.15) is 0 Å². The molecule has 0 aliphatic rings. The van der Waals surface area contributed by atoms with Crippen LogP contribution in [0.5, 0.6) is 0 Å². The van der Waals surface area contributed by atoms with Crippen molar-refractivity contribution in [3.8, 4) is 0 Å². The van der Waals surface area contributed by atoms with E-state index in [4.69, 9.17) is 18.5 Å². The van der Waals surface area contributed by atoms with E-state index in [1.807, 2.05) is 28.1 Å². The summed E-state index contributed by atoms with van der Waals surface area (Å²) in [5.74, 6) is -0.876. The minimum absolute atomic E-state index is 0.0238. The van der Waals surface area contributed by atoms with Crippen molar-refractivity contribution in [1.82, 2.24) is 0 Å². The van der Waals surface area contributed by atoms with E-state index in [1.54, 1.807) is 0 Å². The summed E-state index contributed by atoms with van der Waals surface area (Å²) < 4.78 is 33.5. The van der Waals surface area contributed by atoms with Gasteiger partial charge in [-0.05, 0) is 51.4 Å². The predicted octanol–water partition coefficient (Wildman–Crippen LogP) is 7.62. The predicted molar refractivity (Wildman–Crippen MR) is 173 cm³/mol. The Balaban J connectivity index is 4.33. The van der Waals surface area contributed by atoms with Gasteiger partial charge in [-0.25, -0.2) is 4.57 Å². The lowest BCUT2D eigenvalue weighted by Gasteiger charge is -2.24. The molecule has 0 heterocycles. The van der Waals surface area contributed by atoms with Crippen LogP contribution in [-0.2, 0) is 32.7 Å². The second kappa shape index (κ2) is 26.4. The Bertz CT molecular complexity index is 892. The van der Waals surface area contributed by atoms with Crippen molar-refractivity contribution in [3.05, 3.63) is 48.6 Å². The summed E-state index contributed by atoms with van der Waals surface area (Å²) in [6.45, 7) is 3.97. The SMILES string of the molecule is CC/C=C\C/C=C\C/C=C\C/C=C\CCCCCCC(=O)OC(COC(=O)CCCC)COP(=O)(O)OCC[N+](C)(C)C. The molecule has 0 saturated heterocycles. The van der Waals surface area contributed by atoms with Gasteiger partial charge in [0.05, 0.1) is 27.7 Å². The molecule has 2 unspecified atom stereocenters. The molecule has 43 heavy (non-hydrogen) atoms. The zero-order valence-electron chi connectivity index (χ0n) is 27.4. The molecule has 0 saturated carbocycles. The zero-order valence-corrected chi connectivity index (χ0v) is 28.3. The highest BCUT2D eigenvalue weighted by molar-refractivity contribution is 7.47. The molecule has 0 amide bonds. The fourth-order valence-electron chi connectivity index (χ4n) is 3.57. The first kappa shape index (κ1) is 41.0. The number of ether oxygens (including phenoxy) is 2. The Kier molecular flexibility index (Phi) is 25.1. The number of carbonyl (C=O) groups excluding carboxylic acids is 2. The van der Waals surface area contributed by atoms with Crippen molar-refractivity contribution in [2.75, 3.05) is 47.5 Å². The van der Waals surface area contributed by atoms with Gasteiger partial charge in [-0.1, -0.05) is 81.7 Å². The van der Waals surface area contributed by atoms with E-state index >= 15 is 0 Å². The smallest absolute Gasteiger partial charge is 0.462 e. The Morgan fingerprint density at radius 2 is 1.33 bits per heavy atom. The molecule has 0 aromatic carbocycles. The third kappa shape index (κ3) is 29.8. The lowest BCUT2D eigenvalue weighted by atomic mass is 10.1. The quantitative estimate of drug-likeness (QED) is 0.0325. The number of likely N-dealkylation sites (N-methyl/N-ethyl adjacent to an activating group) is 1. The molecule has 1 N–H and O–H groups in total. The molecule has 10 heteroatoms. The van der Waals surface area contributed by atoms with Gasteiger partial charge in [0.1, 0.15) is 19.8 Å². The minimum Gasteiger partial charge on any atom is -0.462 e. The van der Waals surface area contributed by atoms with Crippen LogP contribution >= 0.6 is 7.82 Å². The number of esters is 2. The monoisotopic (exact) mass is 628 g/mol. The highest BCUT2D eigenvalue weighted by Crippen LogP contribution is 2.43. The van der Waals surface area contributed by atoms with E-state index in [-0.39, 0.29) is 26.1 Å². The molecule has 0 bridgehead atoms. The van der Waals surface area contributed by atoms with Gasteiger partial charge < -0.3 is 18.9 Å². The van der Waals surface area contributed by atoms with E-state index in [0.29, 0.717) is 23.9 Å². The molecule has 0 fully saturated rings. The summed E-state index contributed by atoms with van der Waals surface area (Å²) in [5.41, 5.74) is 0. The third-order valence-corrected chi connectivity index (χ3v) is 7.11. The Morgan fingerprint density at radius 1 is 0.744 bits per heavy atom. The molecular formula is C33H59NO8P+. The van der Waals surface area contributed by atoms with Crippen LogP contribution in [0, 0.1) is 0 Å². The number of hydrogen-bond donors (Lipinski definition) is 1. The maximum Gasteiger partial charge on any atom is 0.472 e. The van der Waals surface area contributed by atoms with Gasteiger partial charge in [0, 0.05) is 12.8 Å². The summed E-state index contributed by atoms with van der Waals surface area (Å²) in [7, 11) is 1.44. The number of carbonyl (C=O) groups is 2. The Hall–Kier alpha value is -2.03. The van der Waals surface area contributed by atoms with Gasteiger partial charge in [0.15, 0.2) is 6.10 Å². The molecule has 0 aliphatic carbocycles. The Labute approximate surface area is 261 Å². The normalized spacial score (nSPS) is 14.7. The lowest BCUT2D eigenvalue weighted by molar-refractivity contribution is -0.870. The fraction of sp³-hybridized carbons (Fsp3) is 0.697. The molecule has 0 aromatic heterocycles. The summed E-state index contributed by atoms with van der Waals surface area (Å²) >= 11 is 0. The number of quaternary nitrogens is 1. The van der Waals surface area contributed by atoms with Crippen LogP contribution in [0.15, 0.2) is 48.6 Å². The molecule has 0 aromatic rings. The number of phosphoric ester groups is 1. The first-order chi connectivity index (χ1) is 20.5. The third-order valence-electron chi connectivity index (χ3n) is 6.12. The van der Waals surface area contributed by atoms with E-state index in [9.17, 15) is 19.0 Å². The van der Waals surface area contributed by atoms with Gasteiger partial charge >= 0.3 is 19.8 Å². The second-order valence-corrected chi connectivity index (χ2v) is 12.9. The number of nitrogens with zero attached hydrogens (tertiary/aromatic N) is 1. The fourth-order valence-corrected chi connectivity index (χ4v) is 4.31. The molecule has 0 aliphatic heterocycles. The molecule has 2 atom stereocenters. The highest BCUT2D eigenvalue weighted by Gasteiger charge is 2.27. The largest absolute Gasteiger partial charge is 0.472 e. The Morgan fingerprint density at radius 3 is 1.93 bits per heavy atom. The van der Waals surface area contributed by atoms with Gasteiger partial charge in [-0.3, -0.25) is 18.6 Å². The second-order valence-electron chi connectivity index (χ2n) is 11.5. The van der Waals surface area contributed by atoms with Crippen LogP contribution in [0.25, 0.3) is 0 Å². The average Bonchev–Trinajstić information content (AvgIpc) is 2.94. The van der Waals surface area contributed by atoms with Crippen molar-refractivity contribution in [2.24, 2.45) is 0 Å². The first-order valence-electron chi connectivity index (χ1n) is 15.9. The summed E-state index contributed by atoms with van der Waals surface area (Å²) in [6.07, 6.45) is 27.1. The van der Waals surface area contributed by atoms with Gasteiger partial charge in [-0.15, -0.1) is 0 Å². The molecule has 9 nitrogen and oxygen atoms in total. The summed E-state index contributed by atoms with van der Waals surface area (Å²) in [6, 6.07) is 0. The number of hydrogen-bond acceptors (Lipinski definition) is 7. The molecule has 0 radical (unpaired) electrons. The topological polar surface area (TPSA) is 108 Å². The van der Waals surface area contributed by atoms with Crippen molar-refractivity contribution >= 4 is 19.8 Å². The molecule has 248 valence electrons. The summed E-state index contributed by atoms with van der Waals surface area (Å²) in [4.78, 5) is 34.4. The number of phosphoric acid groups is 1. The van der Waals surface area contributed by atoms with Crippen LogP contribution in [-0.4, -0.2) is 74.9 Å². The van der Waals surface area contributed by atoms with Crippen molar-refractivity contribution < 1.29 is 42.1 Å². The van der Waals surface area contributed by atoms with Crippen LogP contribution in [0.4, 0.5) is 0 Å². The van der Waals surface area contributed by atoms with Crippen LogP contribution < -0.4 is 0 Å². The number of allylic oxidation sites excluding steroid dienone is 8. The van der Waals surface area contributed by atoms with Crippen molar-refractivity contribution in [2.45, 2.75) is 103 Å². The van der Waals surface area contributed by atoms with E-state index in [1.165, 1.54) is 0 Å². The lowest BCUT2D eigenvalue weighted by Crippen LogP contribution is -2.37. The molecular weight excluding hydrogens is 569 g/mol. The van der Waals surface area contributed by atoms with Gasteiger partial charge in [0.2, 0.25) is 0 Å². The number of rotatable bonds is 27. The average molecular weight is 629 g/mol. The van der Waals surface area contributed by atoms with E-state index in [0.717, 1.165) is 57.8 Å². The van der Waals surface area contributed by atoms with E-state index < -0.39 is 32.5 Å². The van der Waals surface area contributed by atoms with E-state index in [2.05, 4.69) is 55.5 Å². The maximum absolute atomic E-state index is 12.4. The van der Waals surface area contributed by atoms with Crippen LogP contribution in [0.1, 0.15) is 97.3 Å². The highest BCUT2D eigenvalue weighted by atomic mass is 31.2. The minimum atomic E-state index is -4.35. The first-order valence-corrected chi connectivity index (χ1v) is 17.4. The van der Waals surface area contributed by atoms with Crippen LogP contribution in [0.2, 0.25) is 0 Å². The standard InChI is InChI=1S/C33H58NO8P/c1-6-8-10-11-12-13-14-15-16-17-18-19-20-21-22-23-24-26-33(36)42-31(29-39-32(35)25-9-7-2)30-41-43(37,38)40-28-27-34(3,4)5/h8,10,12-13,15-16,18-19,31H,6-7,9,11,14,17,20-30H2,1-5H3/p+1/b10-8-,13-12-,16-15-,19-18-. The van der Waals surface area contributed by atoms with Crippen molar-refractivity contribution in [3.63, 3.8) is 0 Å². The van der Waals surface area contributed by atoms with Gasteiger partial charge in [0.25, 0.3) is 0 Å². The zero-order chi connectivity index (χ0) is 32.2. The molecule has 0 spiro atoms. The number of unbranched alkanes of at least 4 members (excludes halogenated alkanes) is 5. The molecule has 0 rings (SSSR count). The van der Waals surface area contributed by atoms with Crippen molar-refractivity contribution in [1.29, 1.82) is 0 Å². The maximum atomic E-state index is 12.4. The summed E-state index contributed by atoms with van der Waals surface area (Å²) in [5, 5.41) is 0. The van der Waals surface area contributed by atoms with Crippen LogP contribution in [0.3, 0.4) is 0 Å².